The Kier molecular flexibility index (Phi) is 4.36. The monoisotopic (exact) mass is 467 g/mol. The predicted octanol–water partition coefficient (Wildman–Crippen LogP) is 8.20. The molecule has 0 spiro atoms. The van der Waals surface area contributed by atoms with Gasteiger partial charge in [0.05, 0.1) is 22.7 Å². The van der Waals surface area contributed by atoms with Gasteiger partial charge in [-0.15, -0.1) is 11.3 Å². The van der Waals surface area contributed by atoms with Crippen LogP contribution in [0.5, 0.6) is 0 Å². The third-order valence-corrected chi connectivity index (χ3v) is 8.23. The molecule has 0 aliphatic heterocycles. The van der Waals surface area contributed by atoms with E-state index in [2.05, 4.69) is 89.5 Å². The van der Waals surface area contributed by atoms with Crippen molar-refractivity contribution in [1.29, 1.82) is 5.26 Å². The van der Waals surface area contributed by atoms with E-state index in [1.54, 1.807) is 11.3 Å². The fourth-order valence-corrected chi connectivity index (χ4v) is 6.70. The molecule has 7 rings (SSSR count). The van der Waals surface area contributed by atoms with Crippen LogP contribution in [-0.4, -0.2) is 4.57 Å². The quantitative estimate of drug-likeness (QED) is 0.261. The van der Waals surface area contributed by atoms with Crippen molar-refractivity contribution in [2.45, 2.75) is 12.3 Å². The van der Waals surface area contributed by atoms with Crippen LogP contribution in [0.15, 0.2) is 97.1 Å². The molecule has 0 saturated heterocycles. The van der Waals surface area contributed by atoms with Crippen LogP contribution in [0.4, 0.5) is 5.69 Å². The normalized spacial score (nSPS) is 15.7. The van der Waals surface area contributed by atoms with Crippen LogP contribution in [0.3, 0.4) is 0 Å². The fraction of sp³-hybridized carbons (Fsp3) is 0.0645. The van der Waals surface area contributed by atoms with Gasteiger partial charge in [-0.3, -0.25) is 0 Å². The van der Waals surface area contributed by atoms with Crippen molar-refractivity contribution in [1.82, 2.24) is 4.57 Å². The Hall–Kier alpha value is -4.33. The van der Waals surface area contributed by atoms with E-state index < -0.39 is 0 Å². The van der Waals surface area contributed by atoms with E-state index in [1.807, 2.05) is 18.2 Å². The van der Waals surface area contributed by atoms with Crippen molar-refractivity contribution < 1.29 is 0 Å². The molecule has 6 aromatic rings. The zero-order chi connectivity index (χ0) is 23.5. The molecule has 2 aromatic heterocycles. The number of fused-ring (bicyclic) bond motifs is 6. The lowest BCUT2D eigenvalue weighted by molar-refractivity contribution is 0.832. The summed E-state index contributed by atoms with van der Waals surface area (Å²) in [5, 5.41) is 14.2. The van der Waals surface area contributed by atoms with Crippen molar-refractivity contribution in [3.63, 3.8) is 0 Å². The number of thiophene rings is 1. The second kappa shape index (κ2) is 7.59. The van der Waals surface area contributed by atoms with E-state index in [4.69, 9.17) is 5.73 Å². The Labute approximate surface area is 206 Å². The Balaban J connectivity index is 1.42. The number of benzene rings is 4. The predicted molar refractivity (Wildman–Crippen MR) is 149 cm³/mol. The van der Waals surface area contributed by atoms with Crippen molar-refractivity contribution >= 4 is 64.7 Å². The van der Waals surface area contributed by atoms with Gasteiger partial charge in [0.25, 0.3) is 0 Å². The highest BCUT2D eigenvalue weighted by Gasteiger charge is 2.23. The summed E-state index contributed by atoms with van der Waals surface area (Å²) in [6, 6.07) is 29.9. The number of nitriles is 1. The van der Waals surface area contributed by atoms with Crippen LogP contribution in [0.1, 0.15) is 23.5 Å². The maximum Gasteiger partial charge on any atom is 0.0992 e. The molecule has 4 heteroatoms. The molecule has 1 atom stereocenters. The molecule has 0 amide bonds. The van der Waals surface area contributed by atoms with Crippen molar-refractivity contribution in [3.05, 3.63) is 108 Å². The molecule has 2 heterocycles. The number of rotatable bonds is 2. The van der Waals surface area contributed by atoms with Crippen molar-refractivity contribution in [2.75, 3.05) is 5.73 Å². The third-order valence-electron chi connectivity index (χ3n) is 7.12. The molecule has 0 radical (unpaired) electrons. The van der Waals surface area contributed by atoms with Gasteiger partial charge in [-0.05, 0) is 60.5 Å². The summed E-state index contributed by atoms with van der Waals surface area (Å²) >= 11 is 1.77. The van der Waals surface area contributed by atoms with E-state index in [1.165, 1.54) is 48.5 Å². The average Bonchev–Trinajstić information content (AvgIpc) is 3.42. The minimum absolute atomic E-state index is 0.237. The first kappa shape index (κ1) is 20.1. The number of hydrogen-bond acceptors (Lipinski definition) is 3. The smallest absolute Gasteiger partial charge is 0.0992 e. The summed E-state index contributed by atoms with van der Waals surface area (Å²) < 4.78 is 4.83. The molecular weight excluding hydrogens is 446 g/mol. The van der Waals surface area contributed by atoms with Crippen LogP contribution in [0, 0.1) is 11.3 Å². The summed E-state index contributed by atoms with van der Waals surface area (Å²) in [5.41, 5.74) is 12.6. The minimum atomic E-state index is 0.237. The molecule has 1 aliphatic carbocycles. The summed E-state index contributed by atoms with van der Waals surface area (Å²) in [6.07, 6.45) is 7.63. The lowest BCUT2D eigenvalue weighted by Crippen LogP contribution is -2.10. The number of aromatic nitrogens is 1. The van der Waals surface area contributed by atoms with Gasteiger partial charge in [-0.2, -0.15) is 5.26 Å². The molecule has 1 aliphatic rings. The van der Waals surface area contributed by atoms with Crippen molar-refractivity contribution in [3.8, 4) is 6.07 Å². The molecule has 0 saturated carbocycles. The Bertz CT molecular complexity index is 1910. The molecule has 166 valence electrons. The summed E-state index contributed by atoms with van der Waals surface area (Å²) in [4.78, 5) is 0. The summed E-state index contributed by atoms with van der Waals surface area (Å²) in [5.74, 6) is 0.237. The van der Waals surface area contributed by atoms with Gasteiger partial charge in [0.2, 0.25) is 0 Å². The zero-order valence-corrected chi connectivity index (χ0v) is 19.7. The van der Waals surface area contributed by atoms with Crippen LogP contribution >= 0.6 is 11.3 Å². The second-order valence-electron chi connectivity index (χ2n) is 9.12. The summed E-state index contributed by atoms with van der Waals surface area (Å²) in [6.45, 7) is 0. The summed E-state index contributed by atoms with van der Waals surface area (Å²) in [7, 11) is 0. The third kappa shape index (κ3) is 3.02. The van der Waals surface area contributed by atoms with Gasteiger partial charge < -0.3 is 10.3 Å². The molecular formula is C31H21N3S. The van der Waals surface area contributed by atoms with Gasteiger partial charge in [0.15, 0.2) is 0 Å². The number of allylic oxidation sites excluding steroid dienone is 4. The second-order valence-corrected chi connectivity index (χ2v) is 10.2. The molecule has 2 N–H and O–H groups in total. The van der Waals surface area contributed by atoms with E-state index in [9.17, 15) is 5.26 Å². The van der Waals surface area contributed by atoms with Gasteiger partial charge in [0.1, 0.15) is 0 Å². The highest BCUT2D eigenvalue weighted by atomic mass is 32.1. The molecule has 3 nitrogen and oxygen atoms in total. The van der Waals surface area contributed by atoms with E-state index in [-0.39, 0.29) is 5.92 Å². The maximum atomic E-state index is 9.30. The first-order valence-electron chi connectivity index (χ1n) is 11.7. The highest BCUT2D eigenvalue weighted by molar-refractivity contribution is 7.25. The maximum absolute atomic E-state index is 9.30. The lowest BCUT2D eigenvalue weighted by Gasteiger charge is -2.25. The van der Waals surface area contributed by atoms with E-state index >= 15 is 0 Å². The molecule has 35 heavy (non-hydrogen) atoms. The van der Waals surface area contributed by atoms with Crippen LogP contribution in [0.2, 0.25) is 0 Å². The van der Waals surface area contributed by atoms with E-state index in [0.717, 1.165) is 16.8 Å². The fourth-order valence-electron chi connectivity index (χ4n) is 5.50. The topological polar surface area (TPSA) is 54.7 Å². The van der Waals surface area contributed by atoms with Crippen LogP contribution in [0.25, 0.3) is 47.7 Å². The molecule has 0 bridgehead atoms. The number of hydrogen-bond donors (Lipinski definition) is 1. The van der Waals surface area contributed by atoms with Crippen LogP contribution in [-0.2, 0) is 0 Å². The SMILES string of the molecule is N#Cc1ccc2c(c1)sc1cc([C@H]3CC=CC=C3n3c4ccccc4c4cc(N)ccc43)ccc12. The lowest BCUT2D eigenvalue weighted by atomic mass is 9.88. The Morgan fingerprint density at radius 3 is 2.51 bits per heavy atom. The minimum Gasteiger partial charge on any atom is -0.399 e. The number of nitrogens with zero attached hydrogens (tertiary/aromatic N) is 2. The number of para-hydroxylation sites is 1. The van der Waals surface area contributed by atoms with Crippen LogP contribution < -0.4 is 5.73 Å². The van der Waals surface area contributed by atoms with Gasteiger partial charge in [-0.25, -0.2) is 0 Å². The zero-order valence-electron chi connectivity index (χ0n) is 18.9. The molecule has 4 aromatic carbocycles. The van der Waals surface area contributed by atoms with E-state index in [0.29, 0.717) is 5.56 Å². The van der Waals surface area contributed by atoms with Gasteiger partial charge >= 0.3 is 0 Å². The first-order chi connectivity index (χ1) is 17.2. The van der Waals surface area contributed by atoms with Gasteiger partial charge in [-0.1, -0.05) is 48.6 Å². The number of nitrogen functional groups attached to an aromatic ring is 1. The number of anilines is 1. The van der Waals surface area contributed by atoms with Gasteiger partial charge in [0, 0.05) is 48.2 Å². The number of nitrogens with two attached hydrogens (primary N) is 1. The molecule has 0 unspecified atom stereocenters. The van der Waals surface area contributed by atoms with Crippen molar-refractivity contribution in [2.24, 2.45) is 0 Å². The first-order valence-corrected chi connectivity index (χ1v) is 12.5. The Morgan fingerprint density at radius 1 is 0.829 bits per heavy atom. The highest BCUT2D eigenvalue weighted by Crippen LogP contribution is 2.43. The average molecular weight is 468 g/mol. The Morgan fingerprint density at radius 2 is 1.63 bits per heavy atom. The standard InChI is InChI=1S/C31H21N3S/c32-18-19-9-12-24-25-13-10-20(16-31(25)35-30(24)15-19)22-5-1-3-7-27(22)34-28-8-4-2-6-23(28)26-17-21(33)11-14-29(26)34/h1-4,6-17,22H,5,33H2/t22-/m1/s1. The molecule has 0 fully saturated rings. The largest absolute Gasteiger partial charge is 0.399 e.